The van der Waals surface area contributed by atoms with E-state index in [1.165, 1.54) is 5.56 Å². The lowest BCUT2D eigenvalue weighted by Crippen LogP contribution is -2.04. The fourth-order valence-electron chi connectivity index (χ4n) is 3.66. The Bertz CT molecular complexity index is 935. The lowest BCUT2D eigenvalue weighted by molar-refractivity contribution is 0.173. The first-order valence-corrected chi connectivity index (χ1v) is 10.1. The molecule has 3 aromatic rings. The number of hydrogen-bond acceptors (Lipinski definition) is 4. The second kappa shape index (κ2) is 8.91. The summed E-state index contributed by atoms with van der Waals surface area (Å²) in [6, 6.07) is 22.5. The third kappa shape index (κ3) is 4.32. The molecule has 1 aliphatic rings. The van der Waals surface area contributed by atoms with Gasteiger partial charge >= 0.3 is 0 Å². The number of benzene rings is 3. The van der Waals surface area contributed by atoms with Gasteiger partial charge in [0.2, 0.25) is 6.79 Å². The van der Waals surface area contributed by atoms with Crippen molar-refractivity contribution in [2.75, 3.05) is 13.4 Å². The maximum Gasteiger partial charge on any atom is 0.231 e. The molecule has 1 aliphatic heterocycles. The Morgan fingerprint density at radius 2 is 1.59 bits per heavy atom. The van der Waals surface area contributed by atoms with Crippen LogP contribution < -0.4 is 18.9 Å². The monoisotopic (exact) mass is 390 g/mol. The van der Waals surface area contributed by atoms with Gasteiger partial charge in [-0.05, 0) is 42.7 Å². The zero-order valence-electron chi connectivity index (χ0n) is 16.9. The van der Waals surface area contributed by atoms with E-state index < -0.39 is 0 Å². The number of rotatable bonds is 8. The van der Waals surface area contributed by atoms with Gasteiger partial charge in [0, 0.05) is 17.5 Å². The standard InChI is InChI=1S/C25H26O4/c1-3-21(22-14-24-25(29-17-28-24)15-23(22)26-4-2)19-10-12-20(13-11-19)27-16-18-8-6-5-7-9-18/h5-15,21H,3-4,16-17H2,1-2H3/t21-/m0/s1. The number of ether oxygens (including phenoxy) is 4. The van der Waals surface area contributed by atoms with Gasteiger partial charge in [-0.1, -0.05) is 49.4 Å². The van der Waals surface area contributed by atoms with E-state index >= 15 is 0 Å². The van der Waals surface area contributed by atoms with Crippen LogP contribution >= 0.6 is 0 Å². The van der Waals surface area contributed by atoms with Crippen LogP contribution in [0.1, 0.15) is 42.9 Å². The van der Waals surface area contributed by atoms with Crippen molar-refractivity contribution in [1.29, 1.82) is 0 Å². The van der Waals surface area contributed by atoms with Crippen molar-refractivity contribution in [2.24, 2.45) is 0 Å². The van der Waals surface area contributed by atoms with Gasteiger partial charge in [0.05, 0.1) is 6.61 Å². The van der Waals surface area contributed by atoms with Crippen LogP contribution in [0.25, 0.3) is 0 Å². The minimum absolute atomic E-state index is 0.203. The zero-order valence-corrected chi connectivity index (χ0v) is 16.9. The van der Waals surface area contributed by atoms with Crippen LogP contribution in [0.15, 0.2) is 66.7 Å². The molecular formula is C25H26O4. The van der Waals surface area contributed by atoms with E-state index in [2.05, 4.69) is 37.3 Å². The van der Waals surface area contributed by atoms with E-state index in [-0.39, 0.29) is 12.7 Å². The molecule has 3 aromatic carbocycles. The zero-order chi connectivity index (χ0) is 20.1. The highest BCUT2D eigenvalue weighted by Gasteiger charge is 2.23. The van der Waals surface area contributed by atoms with Gasteiger partial charge in [0.25, 0.3) is 0 Å². The van der Waals surface area contributed by atoms with Crippen LogP contribution in [0.3, 0.4) is 0 Å². The average Bonchev–Trinajstić information content (AvgIpc) is 3.22. The van der Waals surface area contributed by atoms with Gasteiger partial charge in [-0.2, -0.15) is 0 Å². The summed E-state index contributed by atoms with van der Waals surface area (Å²) in [5.41, 5.74) is 3.50. The topological polar surface area (TPSA) is 36.9 Å². The Morgan fingerprint density at radius 3 is 2.28 bits per heavy atom. The molecule has 0 aliphatic carbocycles. The van der Waals surface area contributed by atoms with E-state index in [4.69, 9.17) is 18.9 Å². The highest BCUT2D eigenvalue weighted by atomic mass is 16.7. The summed E-state index contributed by atoms with van der Waals surface area (Å²) in [6.45, 7) is 5.61. The molecular weight excluding hydrogens is 364 g/mol. The smallest absolute Gasteiger partial charge is 0.231 e. The molecule has 4 heteroatoms. The molecule has 29 heavy (non-hydrogen) atoms. The Morgan fingerprint density at radius 1 is 0.862 bits per heavy atom. The quantitative estimate of drug-likeness (QED) is 0.477. The van der Waals surface area contributed by atoms with Gasteiger partial charge in [-0.25, -0.2) is 0 Å². The molecule has 0 N–H and O–H groups in total. The van der Waals surface area contributed by atoms with Gasteiger partial charge in [-0.3, -0.25) is 0 Å². The molecule has 0 radical (unpaired) electrons. The summed E-state index contributed by atoms with van der Waals surface area (Å²) < 4.78 is 23.0. The van der Waals surface area contributed by atoms with Crippen LogP contribution in [0, 0.1) is 0 Å². The Kier molecular flexibility index (Phi) is 5.89. The first-order valence-electron chi connectivity index (χ1n) is 10.1. The first kappa shape index (κ1) is 19.2. The van der Waals surface area contributed by atoms with E-state index in [0.717, 1.165) is 40.5 Å². The van der Waals surface area contributed by atoms with Crippen molar-refractivity contribution < 1.29 is 18.9 Å². The molecule has 4 rings (SSSR count). The van der Waals surface area contributed by atoms with Crippen molar-refractivity contribution in [3.05, 3.63) is 83.4 Å². The minimum atomic E-state index is 0.203. The van der Waals surface area contributed by atoms with Crippen molar-refractivity contribution in [3.63, 3.8) is 0 Å². The predicted octanol–water partition coefficient (Wildman–Crippen LogP) is 5.93. The minimum Gasteiger partial charge on any atom is -0.493 e. The lowest BCUT2D eigenvalue weighted by atomic mass is 9.88. The summed E-state index contributed by atoms with van der Waals surface area (Å²) in [7, 11) is 0. The SMILES string of the molecule is CCOc1cc2c(cc1[C@@H](CC)c1ccc(OCc3ccccc3)cc1)OCO2. The van der Waals surface area contributed by atoms with Gasteiger partial charge in [0.15, 0.2) is 11.5 Å². The molecule has 0 unspecified atom stereocenters. The highest BCUT2D eigenvalue weighted by Crippen LogP contribution is 2.43. The molecule has 0 fully saturated rings. The average molecular weight is 390 g/mol. The molecule has 0 saturated carbocycles. The van der Waals surface area contributed by atoms with Crippen molar-refractivity contribution in [2.45, 2.75) is 32.8 Å². The lowest BCUT2D eigenvalue weighted by Gasteiger charge is -2.20. The molecule has 0 saturated heterocycles. The molecule has 0 aromatic heterocycles. The molecule has 0 amide bonds. The molecule has 1 atom stereocenters. The maximum atomic E-state index is 5.93. The summed E-state index contributed by atoms with van der Waals surface area (Å²) >= 11 is 0. The predicted molar refractivity (Wildman–Crippen MR) is 113 cm³/mol. The van der Waals surface area contributed by atoms with Crippen LogP contribution in [-0.4, -0.2) is 13.4 Å². The van der Waals surface area contributed by atoms with Gasteiger partial charge in [-0.15, -0.1) is 0 Å². The third-order valence-electron chi connectivity index (χ3n) is 5.12. The van der Waals surface area contributed by atoms with Crippen molar-refractivity contribution in [1.82, 2.24) is 0 Å². The second-order valence-electron chi connectivity index (χ2n) is 6.98. The summed E-state index contributed by atoms with van der Waals surface area (Å²) in [5, 5.41) is 0. The normalized spacial score (nSPS) is 13.2. The Balaban J connectivity index is 1.55. The molecule has 150 valence electrons. The van der Waals surface area contributed by atoms with Gasteiger partial charge in [0.1, 0.15) is 18.1 Å². The summed E-state index contributed by atoms with van der Waals surface area (Å²) in [5.74, 6) is 3.45. The van der Waals surface area contributed by atoms with E-state index in [1.807, 2.05) is 43.3 Å². The largest absolute Gasteiger partial charge is 0.493 e. The number of fused-ring (bicyclic) bond motifs is 1. The molecule has 1 heterocycles. The summed E-state index contributed by atoms with van der Waals surface area (Å²) in [4.78, 5) is 0. The van der Waals surface area contributed by atoms with Crippen LogP contribution in [0.2, 0.25) is 0 Å². The Labute approximate surface area is 172 Å². The second-order valence-corrected chi connectivity index (χ2v) is 6.98. The number of hydrogen-bond donors (Lipinski definition) is 0. The summed E-state index contributed by atoms with van der Waals surface area (Å²) in [6.07, 6.45) is 0.948. The maximum absolute atomic E-state index is 5.93. The van der Waals surface area contributed by atoms with Crippen LogP contribution in [-0.2, 0) is 6.61 Å². The van der Waals surface area contributed by atoms with E-state index in [9.17, 15) is 0 Å². The molecule has 0 spiro atoms. The first-order chi connectivity index (χ1) is 14.3. The Hall–Kier alpha value is -3.14. The van der Waals surface area contributed by atoms with Crippen molar-refractivity contribution in [3.8, 4) is 23.0 Å². The molecule has 0 bridgehead atoms. The molecule has 4 nitrogen and oxygen atoms in total. The van der Waals surface area contributed by atoms with E-state index in [1.54, 1.807) is 0 Å². The van der Waals surface area contributed by atoms with Crippen LogP contribution in [0.5, 0.6) is 23.0 Å². The fourth-order valence-corrected chi connectivity index (χ4v) is 3.66. The van der Waals surface area contributed by atoms with Gasteiger partial charge < -0.3 is 18.9 Å². The van der Waals surface area contributed by atoms with Crippen molar-refractivity contribution >= 4 is 0 Å². The van der Waals surface area contributed by atoms with E-state index in [0.29, 0.717) is 13.2 Å². The third-order valence-corrected chi connectivity index (χ3v) is 5.12. The highest BCUT2D eigenvalue weighted by molar-refractivity contribution is 5.55. The van der Waals surface area contributed by atoms with Crippen LogP contribution in [0.4, 0.5) is 0 Å². The fraction of sp³-hybridized carbons (Fsp3) is 0.280.